The molecule has 3 heteroatoms. The second-order valence-corrected chi connectivity index (χ2v) is 6.88. The van der Waals surface area contributed by atoms with Crippen LogP contribution < -0.4 is 0 Å². The third-order valence-electron chi connectivity index (χ3n) is 4.77. The molecule has 0 spiro atoms. The number of fused-ring (bicyclic) bond motifs is 1. The molecule has 1 N–H and O–H groups in total. The van der Waals surface area contributed by atoms with Crippen molar-refractivity contribution in [2.45, 2.75) is 39.0 Å². The van der Waals surface area contributed by atoms with Crippen LogP contribution in [0.1, 0.15) is 44.6 Å². The third-order valence-corrected chi connectivity index (χ3v) is 4.77. The van der Waals surface area contributed by atoms with Crippen LogP contribution in [-0.4, -0.2) is 16.1 Å². The SMILES string of the molecule is CC1(C)CCC(C(=O)O)C(c2cccc3cccnc23)C1. The molecule has 0 bridgehead atoms. The van der Waals surface area contributed by atoms with Gasteiger partial charge in [0.25, 0.3) is 0 Å². The molecule has 3 rings (SSSR count). The van der Waals surface area contributed by atoms with Crippen LogP contribution in [0.3, 0.4) is 0 Å². The van der Waals surface area contributed by atoms with Gasteiger partial charge in [0, 0.05) is 11.6 Å². The minimum absolute atomic E-state index is 0.0462. The minimum atomic E-state index is -0.677. The van der Waals surface area contributed by atoms with Gasteiger partial charge in [0.2, 0.25) is 0 Å². The van der Waals surface area contributed by atoms with Gasteiger partial charge in [-0.3, -0.25) is 9.78 Å². The van der Waals surface area contributed by atoms with E-state index < -0.39 is 5.97 Å². The Balaban J connectivity index is 2.11. The topological polar surface area (TPSA) is 50.2 Å². The highest BCUT2D eigenvalue weighted by Crippen LogP contribution is 2.47. The van der Waals surface area contributed by atoms with E-state index in [1.54, 1.807) is 6.20 Å². The number of carboxylic acids is 1. The third kappa shape index (κ3) is 2.65. The van der Waals surface area contributed by atoms with E-state index in [9.17, 15) is 9.90 Å². The molecule has 1 aromatic carbocycles. The molecule has 1 fully saturated rings. The first-order chi connectivity index (χ1) is 9.98. The summed E-state index contributed by atoms with van der Waals surface area (Å²) >= 11 is 0. The highest BCUT2D eigenvalue weighted by molar-refractivity contribution is 5.83. The average Bonchev–Trinajstić information content (AvgIpc) is 2.45. The van der Waals surface area contributed by atoms with Crippen LogP contribution in [-0.2, 0) is 4.79 Å². The number of benzene rings is 1. The van der Waals surface area contributed by atoms with Gasteiger partial charge in [-0.1, -0.05) is 38.1 Å². The predicted octanol–water partition coefficient (Wildman–Crippen LogP) is 4.23. The van der Waals surface area contributed by atoms with E-state index in [1.807, 2.05) is 24.3 Å². The molecule has 3 nitrogen and oxygen atoms in total. The number of hydrogen-bond acceptors (Lipinski definition) is 2. The fourth-order valence-corrected chi connectivity index (χ4v) is 3.64. The van der Waals surface area contributed by atoms with Gasteiger partial charge in [0.05, 0.1) is 11.4 Å². The lowest BCUT2D eigenvalue weighted by Crippen LogP contribution is -2.33. The molecular formula is C18H21NO2. The molecule has 1 heterocycles. The molecular weight excluding hydrogens is 262 g/mol. The van der Waals surface area contributed by atoms with Gasteiger partial charge in [-0.25, -0.2) is 0 Å². The second-order valence-electron chi connectivity index (χ2n) is 6.88. The van der Waals surface area contributed by atoms with Crippen molar-refractivity contribution in [1.29, 1.82) is 0 Å². The van der Waals surface area contributed by atoms with Crippen molar-refractivity contribution >= 4 is 16.9 Å². The van der Waals surface area contributed by atoms with Gasteiger partial charge in [-0.2, -0.15) is 0 Å². The number of aromatic nitrogens is 1. The number of carboxylic acid groups (broad SMARTS) is 1. The zero-order valence-corrected chi connectivity index (χ0v) is 12.5. The highest BCUT2D eigenvalue weighted by Gasteiger charge is 2.39. The van der Waals surface area contributed by atoms with Crippen molar-refractivity contribution in [2.24, 2.45) is 11.3 Å². The largest absolute Gasteiger partial charge is 0.481 e. The summed E-state index contributed by atoms with van der Waals surface area (Å²) in [6.07, 6.45) is 4.41. The van der Waals surface area contributed by atoms with Gasteiger partial charge in [-0.15, -0.1) is 0 Å². The first kappa shape index (κ1) is 14.1. The Bertz CT molecular complexity index is 672. The van der Waals surface area contributed by atoms with E-state index in [1.165, 1.54) is 0 Å². The normalized spacial score (nSPS) is 24.9. The number of pyridine rings is 1. The summed E-state index contributed by atoms with van der Waals surface area (Å²) in [4.78, 5) is 16.2. The maximum absolute atomic E-state index is 11.7. The van der Waals surface area contributed by atoms with Gasteiger partial charge in [0.15, 0.2) is 0 Å². The van der Waals surface area contributed by atoms with Crippen molar-refractivity contribution in [3.05, 3.63) is 42.1 Å². The number of carbonyl (C=O) groups is 1. The average molecular weight is 283 g/mol. The zero-order chi connectivity index (χ0) is 15.0. The van der Waals surface area contributed by atoms with Gasteiger partial charge in [-0.05, 0) is 42.2 Å². The summed E-state index contributed by atoms with van der Waals surface area (Å²) in [6, 6.07) is 10.1. The van der Waals surface area contributed by atoms with E-state index in [2.05, 4.69) is 24.9 Å². The summed E-state index contributed by atoms with van der Waals surface area (Å²) in [7, 11) is 0. The molecule has 110 valence electrons. The summed E-state index contributed by atoms with van der Waals surface area (Å²) in [6.45, 7) is 4.47. The van der Waals surface area contributed by atoms with E-state index in [0.29, 0.717) is 0 Å². The molecule has 1 aromatic heterocycles. The summed E-state index contributed by atoms with van der Waals surface area (Å²) in [5, 5.41) is 10.7. The van der Waals surface area contributed by atoms with Crippen molar-refractivity contribution in [1.82, 2.24) is 4.98 Å². The van der Waals surface area contributed by atoms with Gasteiger partial charge < -0.3 is 5.11 Å². The van der Waals surface area contributed by atoms with Crippen molar-refractivity contribution < 1.29 is 9.90 Å². The Hall–Kier alpha value is -1.90. The lowest BCUT2D eigenvalue weighted by Gasteiger charge is -2.39. The fraction of sp³-hybridized carbons (Fsp3) is 0.444. The Kier molecular flexibility index (Phi) is 3.44. The lowest BCUT2D eigenvalue weighted by molar-refractivity contribution is -0.144. The lowest BCUT2D eigenvalue weighted by atomic mass is 9.65. The standard InChI is InChI=1S/C18H21NO2/c1-18(2)9-8-14(17(20)21)15(11-18)13-7-3-5-12-6-4-10-19-16(12)13/h3-7,10,14-15H,8-9,11H2,1-2H3,(H,20,21). The smallest absolute Gasteiger partial charge is 0.307 e. The van der Waals surface area contributed by atoms with Crippen LogP contribution in [0.25, 0.3) is 10.9 Å². The number of hydrogen-bond donors (Lipinski definition) is 1. The first-order valence-corrected chi connectivity index (χ1v) is 7.54. The van der Waals surface area contributed by atoms with E-state index in [4.69, 9.17) is 0 Å². The number of aliphatic carboxylic acids is 1. The maximum Gasteiger partial charge on any atom is 0.307 e. The van der Waals surface area contributed by atoms with Crippen LogP contribution in [0, 0.1) is 11.3 Å². The Morgan fingerprint density at radius 2 is 2.05 bits per heavy atom. The molecule has 2 aromatic rings. The highest BCUT2D eigenvalue weighted by atomic mass is 16.4. The maximum atomic E-state index is 11.7. The Morgan fingerprint density at radius 1 is 1.29 bits per heavy atom. The fourth-order valence-electron chi connectivity index (χ4n) is 3.64. The van der Waals surface area contributed by atoms with Gasteiger partial charge >= 0.3 is 5.97 Å². The monoisotopic (exact) mass is 283 g/mol. The van der Waals surface area contributed by atoms with Crippen LogP contribution in [0.4, 0.5) is 0 Å². The Labute approximate surface area is 125 Å². The molecule has 1 saturated carbocycles. The molecule has 2 unspecified atom stereocenters. The van der Waals surface area contributed by atoms with Crippen molar-refractivity contribution in [2.75, 3.05) is 0 Å². The molecule has 0 saturated heterocycles. The van der Waals surface area contributed by atoms with Crippen LogP contribution >= 0.6 is 0 Å². The van der Waals surface area contributed by atoms with E-state index >= 15 is 0 Å². The van der Waals surface area contributed by atoms with Crippen molar-refractivity contribution in [3.63, 3.8) is 0 Å². The van der Waals surface area contributed by atoms with Crippen LogP contribution in [0.2, 0.25) is 0 Å². The van der Waals surface area contributed by atoms with E-state index in [-0.39, 0.29) is 17.3 Å². The zero-order valence-electron chi connectivity index (χ0n) is 12.5. The van der Waals surface area contributed by atoms with Crippen LogP contribution in [0.15, 0.2) is 36.5 Å². The summed E-state index contributed by atoms with van der Waals surface area (Å²) in [5.74, 6) is -0.932. The second kappa shape index (κ2) is 5.14. The molecule has 0 amide bonds. The first-order valence-electron chi connectivity index (χ1n) is 7.54. The number of nitrogens with zero attached hydrogens (tertiary/aromatic N) is 1. The van der Waals surface area contributed by atoms with Crippen LogP contribution in [0.5, 0.6) is 0 Å². The van der Waals surface area contributed by atoms with Gasteiger partial charge in [0.1, 0.15) is 0 Å². The predicted molar refractivity (Wildman–Crippen MR) is 83.2 cm³/mol. The molecule has 0 radical (unpaired) electrons. The molecule has 1 aliphatic rings. The molecule has 1 aliphatic carbocycles. The number of rotatable bonds is 2. The summed E-state index contributed by atoms with van der Waals surface area (Å²) < 4.78 is 0. The molecule has 0 aliphatic heterocycles. The Morgan fingerprint density at radius 3 is 2.81 bits per heavy atom. The molecule has 2 atom stereocenters. The molecule has 21 heavy (non-hydrogen) atoms. The number of para-hydroxylation sites is 1. The summed E-state index contributed by atoms with van der Waals surface area (Å²) in [5.41, 5.74) is 2.23. The van der Waals surface area contributed by atoms with Crippen molar-refractivity contribution in [3.8, 4) is 0 Å². The minimum Gasteiger partial charge on any atom is -0.481 e. The quantitative estimate of drug-likeness (QED) is 0.897. The van der Waals surface area contributed by atoms with E-state index in [0.717, 1.165) is 35.7 Å².